The quantitative estimate of drug-likeness (QED) is 0.848. The summed E-state index contributed by atoms with van der Waals surface area (Å²) < 4.78 is 0. The van der Waals surface area contributed by atoms with Gasteiger partial charge in [-0.2, -0.15) is 0 Å². The van der Waals surface area contributed by atoms with Gasteiger partial charge in [-0.1, -0.05) is 37.6 Å². The van der Waals surface area contributed by atoms with Crippen LogP contribution in [-0.2, 0) is 11.3 Å². The van der Waals surface area contributed by atoms with E-state index in [1.54, 1.807) is 19.2 Å². The molecular formula is C15H21ClN2O3. The minimum atomic E-state index is -1.02. The van der Waals surface area contributed by atoms with Crippen molar-refractivity contribution >= 4 is 23.6 Å². The van der Waals surface area contributed by atoms with Crippen LogP contribution in [0, 0.1) is 5.92 Å². The number of hydrogen-bond acceptors (Lipinski definition) is 2. The molecule has 0 saturated carbocycles. The predicted octanol–water partition coefficient (Wildman–Crippen LogP) is 2.98. The van der Waals surface area contributed by atoms with Crippen molar-refractivity contribution < 1.29 is 14.7 Å². The van der Waals surface area contributed by atoms with E-state index in [4.69, 9.17) is 16.7 Å². The first-order valence-corrected chi connectivity index (χ1v) is 7.16. The zero-order valence-corrected chi connectivity index (χ0v) is 13.2. The van der Waals surface area contributed by atoms with Crippen LogP contribution in [0.1, 0.15) is 25.8 Å². The number of amides is 2. The number of aliphatic carboxylic acids is 1. The Labute approximate surface area is 129 Å². The Morgan fingerprint density at radius 1 is 1.29 bits per heavy atom. The van der Waals surface area contributed by atoms with E-state index < -0.39 is 18.0 Å². The van der Waals surface area contributed by atoms with E-state index in [2.05, 4.69) is 5.32 Å². The molecule has 0 bridgehead atoms. The monoisotopic (exact) mass is 312 g/mol. The Kier molecular flexibility index (Phi) is 6.49. The molecule has 0 aliphatic heterocycles. The van der Waals surface area contributed by atoms with Gasteiger partial charge < -0.3 is 15.3 Å². The van der Waals surface area contributed by atoms with Crippen LogP contribution in [0.15, 0.2) is 24.3 Å². The number of urea groups is 1. The molecule has 2 amide bonds. The zero-order chi connectivity index (χ0) is 16.0. The second kappa shape index (κ2) is 7.88. The number of hydrogen-bond donors (Lipinski definition) is 2. The number of carbonyl (C=O) groups excluding carboxylic acids is 1. The molecule has 0 heterocycles. The number of nitrogens with zero attached hydrogens (tertiary/aromatic N) is 1. The third-order valence-corrected chi connectivity index (χ3v) is 3.23. The van der Waals surface area contributed by atoms with Gasteiger partial charge >= 0.3 is 12.0 Å². The first-order chi connectivity index (χ1) is 9.79. The normalized spacial score (nSPS) is 12.0. The molecule has 1 unspecified atom stereocenters. The summed E-state index contributed by atoms with van der Waals surface area (Å²) in [7, 11) is 1.62. The summed E-state index contributed by atoms with van der Waals surface area (Å²) in [5.41, 5.74) is 0.924. The molecule has 5 nitrogen and oxygen atoms in total. The number of carbonyl (C=O) groups is 2. The lowest BCUT2D eigenvalue weighted by Gasteiger charge is -2.22. The number of carboxylic acids is 1. The SMILES string of the molecule is CC(C)CC(NC(=O)N(C)Cc1ccc(Cl)cc1)C(=O)O. The molecule has 1 aromatic carbocycles. The summed E-state index contributed by atoms with van der Waals surface area (Å²) in [4.78, 5) is 24.6. The number of halogens is 1. The highest BCUT2D eigenvalue weighted by Gasteiger charge is 2.22. The molecule has 1 atom stereocenters. The summed E-state index contributed by atoms with van der Waals surface area (Å²) in [6.45, 7) is 4.22. The topological polar surface area (TPSA) is 69.6 Å². The maximum absolute atomic E-state index is 12.0. The van der Waals surface area contributed by atoms with Crippen molar-refractivity contribution in [3.05, 3.63) is 34.9 Å². The minimum Gasteiger partial charge on any atom is -0.480 e. The number of carboxylic acid groups (broad SMARTS) is 1. The Morgan fingerprint density at radius 2 is 1.86 bits per heavy atom. The molecule has 1 rings (SSSR count). The summed E-state index contributed by atoms with van der Waals surface area (Å²) in [6, 6.07) is 5.88. The van der Waals surface area contributed by atoms with Gasteiger partial charge in [-0.3, -0.25) is 0 Å². The van der Waals surface area contributed by atoms with Gasteiger partial charge in [0.2, 0.25) is 0 Å². The minimum absolute atomic E-state index is 0.188. The lowest BCUT2D eigenvalue weighted by atomic mass is 10.0. The van der Waals surface area contributed by atoms with Gasteiger partial charge in [0.25, 0.3) is 0 Å². The van der Waals surface area contributed by atoms with E-state index in [0.29, 0.717) is 18.0 Å². The predicted molar refractivity (Wildman–Crippen MR) is 82.3 cm³/mol. The number of rotatable bonds is 6. The van der Waals surface area contributed by atoms with Crippen LogP contribution in [0.25, 0.3) is 0 Å². The summed E-state index contributed by atoms with van der Waals surface area (Å²) >= 11 is 5.80. The van der Waals surface area contributed by atoms with Gasteiger partial charge in [0.1, 0.15) is 6.04 Å². The van der Waals surface area contributed by atoms with Gasteiger partial charge in [0, 0.05) is 18.6 Å². The molecule has 116 valence electrons. The third kappa shape index (κ3) is 6.04. The highest BCUT2D eigenvalue weighted by molar-refractivity contribution is 6.30. The summed E-state index contributed by atoms with van der Waals surface area (Å²) in [5.74, 6) is -0.829. The molecule has 0 radical (unpaired) electrons. The van der Waals surface area contributed by atoms with Crippen molar-refractivity contribution in [2.45, 2.75) is 32.9 Å². The van der Waals surface area contributed by atoms with Crippen molar-refractivity contribution in [1.82, 2.24) is 10.2 Å². The first-order valence-electron chi connectivity index (χ1n) is 6.78. The van der Waals surface area contributed by atoms with Gasteiger partial charge in [0.05, 0.1) is 0 Å². The van der Waals surface area contributed by atoms with Crippen molar-refractivity contribution in [2.24, 2.45) is 5.92 Å². The van der Waals surface area contributed by atoms with E-state index in [-0.39, 0.29) is 5.92 Å². The van der Waals surface area contributed by atoms with Crippen LogP contribution in [0.2, 0.25) is 5.02 Å². The molecule has 0 aliphatic carbocycles. The fraction of sp³-hybridized carbons (Fsp3) is 0.467. The highest BCUT2D eigenvalue weighted by atomic mass is 35.5. The van der Waals surface area contributed by atoms with Gasteiger partial charge in [0.15, 0.2) is 0 Å². The molecule has 0 spiro atoms. The van der Waals surface area contributed by atoms with Crippen LogP contribution in [0.3, 0.4) is 0 Å². The standard InChI is InChI=1S/C15H21ClN2O3/c1-10(2)8-13(14(19)20)17-15(21)18(3)9-11-4-6-12(16)7-5-11/h4-7,10,13H,8-9H2,1-3H3,(H,17,21)(H,19,20). The van der Waals surface area contributed by atoms with Crippen LogP contribution in [0.5, 0.6) is 0 Å². The first kappa shape index (κ1) is 17.3. The van der Waals surface area contributed by atoms with Crippen molar-refractivity contribution in [3.63, 3.8) is 0 Å². The second-order valence-corrected chi connectivity index (χ2v) is 5.89. The van der Waals surface area contributed by atoms with Crippen molar-refractivity contribution in [2.75, 3.05) is 7.05 Å². The molecule has 21 heavy (non-hydrogen) atoms. The maximum Gasteiger partial charge on any atom is 0.326 e. The average molecular weight is 313 g/mol. The Bertz CT molecular complexity index is 488. The smallest absolute Gasteiger partial charge is 0.326 e. The summed E-state index contributed by atoms with van der Waals surface area (Å²) in [6.07, 6.45) is 0.399. The lowest BCUT2D eigenvalue weighted by Crippen LogP contribution is -2.46. The fourth-order valence-electron chi connectivity index (χ4n) is 1.89. The van der Waals surface area contributed by atoms with E-state index in [9.17, 15) is 9.59 Å². The molecule has 0 aliphatic rings. The van der Waals surface area contributed by atoms with Crippen molar-refractivity contribution in [1.29, 1.82) is 0 Å². The van der Waals surface area contributed by atoms with Gasteiger partial charge in [-0.05, 0) is 30.0 Å². The molecule has 0 saturated heterocycles. The van der Waals surface area contributed by atoms with Crippen LogP contribution < -0.4 is 5.32 Å². The largest absolute Gasteiger partial charge is 0.480 e. The van der Waals surface area contributed by atoms with Gasteiger partial charge in [-0.25, -0.2) is 9.59 Å². The van der Waals surface area contributed by atoms with Crippen LogP contribution in [0.4, 0.5) is 4.79 Å². The molecule has 0 fully saturated rings. The van der Waals surface area contributed by atoms with Crippen molar-refractivity contribution in [3.8, 4) is 0 Å². The number of benzene rings is 1. The van der Waals surface area contributed by atoms with Crippen LogP contribution >= 0.6 is 11.6 Å². The molecule has 2 N–H and O–H groups in total. The van der Waals surface area contributed by atoms with E-state index in [1.807, 2.05) is 26.0 Å². The highest BCUT2D eigenvalue weighted by Crippen LogP contribution is 2.11. The fourth-order valence-corrected chi connectivity index (χ4v) is 2.01. The van der Waals surface area contributed by atoms with E-state index >= 15 is 0 Å². The zero-order valence-electron chi connectivity index (χ0n) is 12.5. The van der Waals surface area contributed by atoms with E-state index in [0.717, 1.165) is 5.56 Å². The van der Waals surface area contributed by atoms with Gasteiger partial charge in [-0.15, -0.1) is 0 Å². The molecule has 1 aromatic rings. The number of nitrogens with one attached hydrogen (secondary N) is 1. The Balaban J connectivity index is 2.60. The third-order valence-electron chi connectivity index (χ3n) is 2.98. The van der Waals surface area contributed by atoms with E-state index in [1.165, 1.54) is 4.90 Å². The molecular weight excluding hydrogens is 292 g/mol. The Morgan fingerprint density at radius 3 is 2.33 bits per heavy atom. The molecule has 6 heteroatoms. The second-order valence-electron chi connectivity index (χ2n) is 5.45. The molecule has 0 aromatic heterocycles. The maximum atomic E-state index is 12.0. The summed E-state index contributed by atoms with van der Waals surface area (Å²) in [5, 5.41) is 12.3. The Hall–Kier alpha value is -1.75. The average Bonchev–Trinajstić information content (AvgIpc) is 2.39. The van der Waals surface area contributed by atoms with Crippen LogP contribution in [-0.4, -0.2) is 35.1 Å². The lowest BCUT2D eigenvalue weighted by molar-refractivity contribution is -0.139.